The van der Waals surface area contributed by atoms with Crippen LogP contribution in [0.5, 0.6) is 0 Å². The monoisotopic (exact) mass is 324 g/mol. The fourth-order valence-electron chi connectivity index (χ4n) is 3.35. The first kappa shape index (κ1) is 15.4. The van der Waals surface area contributed by atoms with Crippen LogP contribution in [0.3, 0.4) is 0 Å². The molecule has 2 nitrogen and oxygen atoms in total. The summed E-state index contributed by atoms with van der Waals surface area (Å²) in [7, 11) is 0. The Balaban J connectivity index is 2.00. The van der Waals surface area contributed by atoms with Crippen molar-refractivity contribution in [3.63, 3.8) is 0 Å². The second-order valence-electron chi connectivity index (χ2n) is 6.08. The highest BCUT2D eigenvalue weighted by molar-refractivity contribution is 5.98. The van der Waals surface area contributed by atoms with Gasteiger partial charge in [-0.3, -0.25) is 0 Å². The minimum Gasteiger partial charge on any atom is -0.306 e. The molecular formula is C23H20N2. The molecule has 2 heteroatoms. The minimum absolute atomic E-state index is 0.968. The summed E-state index contributed by atoms with van der Waals surface area (Å²) in [6, 6.07) is 25.6. The van der Waals surface area contributed by atoms with Gasteiger partial charge in [-0.25, -0.2) is 4.98 Å². The van der Waals surface area contributed by atoms with E-state index in [1.165, 1.54) is 27.8 Å². The van der Waals surface area contributed by atoms with Crippen molar-refractivity contribution in [3.8, 4) is 0 Å². The van der Waals surface area contributed by atoms with Crippen molar-refractivity contribution in [2.75, 3.05) is 0 Å². The van der Waals surface area contributed by atoms with Gasteiger partial charge in [0.05, 0.1) is 18.0 Å². The van der Waals surface area contributed by atoms with Gasteiger partial charge in [0.15, 0.2) is 0 Å². The average molecular weight is 324 g/mol. The van der Waals surface area contributed by atoms with E-state index in [1.807, 2.05) is 12.5 Å². The molecule has 0 radical (unpaired) electrons. The maximum atomic E-state index is 4.24. The third-order valence-electron chi connectivity index (χ3n) is 4.54. The van der Waals surface area contributed by atoms with Gasteiger partial charge in [-0.2, -0.15) is 0 Å². The highest BCUT2D eigenvalue weighted by Gasteiger charge is 2.13. The van der Waals surface area contributed by atoms with Gasteiger partial charge in [0.25, 0.3) is 0 Å². The normalized spacial score (nSPS) is 12.2. The Morgan fingerprint density at radius 2 is 1.48 bits per heavy atom. The molecule has 0 aliphatic rings. The standard InChI is InChI=1S/C23H20N2/c1-2-22(18-9-5-3-6-10-18)23(19-11-7-4-8-12-19)20-13-14-21-15-24-17-25(21)16-20/h3-17H,2H2,1H3/b23-22+. The molecule has 2 heterocycles. The molecule has 4 aromatic rings. The van der Waals surface area contributed by atoms with Gasteiger partial charge in [-0.15, -0.1) is 0 Å². The molecular weight excluding hydrogens is 304 g/mol. The number of rotatable bonds is 4. The molecule has 2 aromatic carbocycles. The van der Waals surface area contributed by atoms with E-state index in [1.54, 1.807) is 0 Å². The van der Waals surface area contributed by atoms with Crippen LogP contribution in [-0.4, -0.2) is 9.38 Å². The number of aromatic nitrogens is 2. The van der Waals surface area contributed by atoms with Gasteiger partial charge >= 0.3 is 0 Å². The van der Waals surface area contributed by atoms with Gasteiger partial charge in [0, 0.05) is 6.20 Å². The van der Waals surface area contributed by atoms with E-state index in [4.69, 9.17) is 0 Å². The maximum Gasteiger partial charge on any atom is 0.0992 e. The molecule has 0 aliphatic carbocycles. The summed E-state index contributed by atoms with van der Waals surface area (Å²) in [6.45, 7) is 2.22. The summed E-state index contributed by atoms with van der Waals surface area (Å²) in [5, 5.41) is 0. The Bertz CT molecular complexity index is 1010. The number of hydrogen-bond acceptors (Lipinski definition) is 1. The van der Waals surface area contributed by atoms with E-state index in [0.717, 1.165) is 11.9 Å². The van der Waals surface area contributed by atoms with Gasteiger partial charge < -0.3 is 4.40 Å². The second-order valence-corrected chi connectivity index (χ2v) is 6.08. The van der Waals surface area contributed by atoms with E-state index in [0.29, 0.717) is 0 Å². The third-order valence-corrected chi connectivity index (χ3v) is 4.54. The first-order chi connectivity index (χ1) is 12.4. The molecule has 0 fully saturated rings. The Kier molecular flexibility index (Phi) is 4.17. The van der Waals surface area contributed by atoms with Crippen LogP contribution in [0.25, 0.3) is 16.7 Å². The predicted octanol–water partition coefficient (Wildman–Crippen LogP) is 5.70. The smallest absolute Gasteiger partial charge is 0.0992 e. The second kappa shape index (κ2) is 6.78. The molecule has 25 heavy (non-hydrogen) atoms. The zero-order chi connectivity index (χ0) is 17.1. The zero-order valence-corrected chi connectivity index (χ0v) is 14.3. The Morgan fingerprint density at radius 1 is 0.800 bits per heavy atom. The minimum atomic E-state index is 0.968. The van der Waals surface area contributed by atoms with Crippen LogP contribution >= 0.6 is 0 Å². The van der Waals surface area contributed by atoms with Gasteiger partial charge in [-0.1, -0.05) is 73.7 Å². The Morgan fingerprint density at radius 3 is 2.16 bits per heavy atom. The molecule has 122 valence electrons. The highest BCUT2D eigenvalue weighted by atomic mass is 15.0. The fourth-order valence-corrected chi connectivity index (χ4v) is 3.35. The van der Waals surface area contributed by atoms with Gasteiger partial charge in [0.2, 0.25) is 0 Å². The van der Waals surface area contributed by atoms with Crippen LogP contribution in [0.15, 0.2) is 91.5 Å². The summed E-state index contributed by atoms with van der Waals surface area (Å²) in [5.74, 6) is 0. The number of hydrogen-bond donors (Lipinski definition) is 0. The largest absolute Gasteiger partial charge is 0.306 e. The lowest BCUT2D eigenvalue weighted by molar-refractivity contribution is 1.14. The summed E-state index contributed by atoms with van der Waals surface area (Å²) in [5.41, 5.74) is 7.46. The lowest BCUT2D eigenvalue weighted by Crippen LogP contribution is -1.96. The number of fused-ring (bicyclic) bond motifs is 1. The van der Waals surface area contributed by atoms with E-state index in [-0.39, 0.29) is 0 Å². The summed E-state index contributed by atoms with van der Waals surface area (Å²) in [6.07, 6.45) is 6.88. The lowest BCUT2D eigenvalue weighted by atomic mass is 9.89. The lowest BCUT2D eigenvalue weighted by Gasteiger charge is -2.16. The van der Waals surface area contributed by atoms with Crippen molar-refractivity contribution < 1.29 is 0 Å². The molecule has 0 atom stereocenters. The molecule has 0 unspecified atom stereocenters. The highest BCUT2D eigenvalue weighted by Crippen LogP contribution is 2.34. The topological polar surface area (TPSA) is 17.3 Å². The van der Waals surface area contributed by atoms with Crippen LogP contribution in [0.1, 0.15) is 30.0 Å². The first-order valence-electron chi connectivity index (χ1n) is 8.63. The van der Waals surface area contributed by atoms with E-state index < -0.39 is 0 Å². The van der Waals surface area contributed by atoms with Crippen molar-refractivity contribution in [2.24, 2.45) is 0 Å². The third kappa shape index (κ3) is 2.99. The molecule has 0 N–H and O–H groups in total. The van der Waals surface area contributed by atoms with Gasteiger partial charge in [0.1, 0.15) is 0 Å². The number of imidazole rings is 1. The summed E-state index contributed by atoms with van der Waals surface area (Å²) < 4.78 is 2.08. The quantitative estimate of drug-likeness (QED) is 0.440. The molecule has 0 saturated heterocycles. The van der Waals surface area contributed by atoms with Crippen molar-refractivity contribution >= 4 is 16.7 Å². The van der Waals surface area contributed by atoms with Crippen LogP contribution in [0.4, 0.5) is 0 Å². The average Bonchev–Trinajstić information content (AvgIpc) is 3.15. The summed E-state index contributed by atoms with van der Waals surface area (Å²) >= 11 is 0. The van der Waals surface area contributed by atoms with E-state index in [2.05, 4.69) is 95.3 Å². The summed E-state index contributed by atoms with van der Waals surface area (Å²) in [4.78, 5) is 4.24. The molecule has 0 saturated carbocycles. The molecule has 4 rings (SSSR count). The number of pyridine rings is 1. The first-order valence-corrected chi connectivity index (χ1v) is 8.63. The van der Waals surface area contributed by atoms with Gasteiger partial charge in [-0.05, 0) is 40.3 Å². The SMILES string of the molecule is CC/C(=C(/c1ccccc1)c1ccc2cncn2c1)c1ccccc1. The van der Waals surface area contributed by atoms with Crippen LogP contribution in [0.2, 0.25) is 0 Å². The predicted molar refractivity (Wildman–Crippen MR) is 104 cm³/mol. The fraction of sp³-hybridized carbons (Fsp3) is 0.0870. The number of allylic oxidation sites excluding steroid dienone is 1. The van der Waals surface area contributed by atoms with E-state index >= 15 is 0 Å². The number of benzene rings is 2. The molecule has 0 aliphatic heterocycles. The molecule has 2 aromatic heterocycles. The Labute approximate surface area is 148 Å². The van der Waals surface area contributed by atoms with E-state index in [9.17, 15) is 0 Å². The van der Waals surface area contributed by atoms with Crippen LogP contribution in [0, 0.1) is 0 Å². The van der Waals surface area contributed by atoms with Crippen LogP contribution in [-0.2, 0) is 0 Å². The molecule has 0 spiro atoms. The molecule has 0 bridgehead atoms. The number of nitrogens with zero attached hydrogens (tertiary/aromatic N) is 2. The maximum absolute atomic E-state index is 4.24. The van der Waals surface area contributed by atoms with Crippen LogP contribution < -0.4 is 0 Å². The van der Waals surface area contributed by atoms with Crippen molar-refractivity contribution in [2.45, 2.75) is 13.3 Å². The van der Waals surface area contributed by atoms with Crippen molar-refractivity contribution in [1.82, 2.24) is 9.38 Å². The zero-order valence-electron chi connectivity index (χ0n) is 14.3. The van der Waals surface area contributed by atoms with Crippen molar-refractivity contribution in [3.05, 3.63) is 108 Å². The van der Waals surface area contributed by atoms with Crippen molar-refractivity contribution in [1.29, 1.82) is 0 Å². The Hall–Kier alpha value is -3.13. The molecule has 0 amide bonds.